The Morgan fingerprint density at radius 1 is 1.23 bits per heavy atom. The van der Waals surface area contributed by atoms with Crippen molar-refractivity contribution in [1.29, 1.82) is 0 Å². The van der Waals surface area contributed by atoms with E-state index in [9.17, 15) is 14.9 Å². The van der Waals surface area contributed by atoms with E-state index in [4.69, 9.17) is 0 Å². The highest BCUT2D eigenvalue weighted by atomic mass is 16.6. The van der Waals surface area contributed by atoms with Crippen molar-refractivity contribution in [2.45, 2.75) is 0 Å². The number of rotatable bonds is 5. The molecule has 0 amide bonds. The van der Waals surface area contributed by atoms with E-state index in [-0.39, 0.29) is 5.69 Å². The Bertz CT molecular complexity index is 711. The molecule has 0 aliphatic rings. The van der Waals surface area contributed by atoms with Crippen LogP contribution in [0.3, 0.4) is 0 Å². The first-order valence-corrected chi connectivity index (χ1v) is 6.32. The van der Waals surface area contributed by atoms with E-state index >= 15 is 0 Å². The number of esters is 1. The maximum atomic E-state index is 11.3. The van der Waals surface area contributed by atoms with Crippen LogP contribution in [0, 0.1) is 10.1 Å². The van der Waals surface area contributed by atoms with Gasteiger partial charge in [0.2, 0.25) is 0 Å². The zero-order valence-electron chi connectivity index (χ0n) is 11.7. The second-order valence-electron chi connectivity index (χ2n) is 4.26. The van der Waals surface area contributed by atoms with Crippen LogP contribution < -0.4 is 5.43 Å². The third-order valence-corrected chi connectivity index (χ3v) is 2.83. The van der Waals surface area contributed by atoms with Crippen LogP contribution in [0.4, 0.5) is 11.4 Å². The smallest absolute Gasteiger partial charge is 0.337 e. The molecule has 0 heterocycles. The van der Waals surface area contributed by atoms with E-state index in [0.717, 1.165) is 5.56 Å². The average Bonchev–Trinajstić information content (AvgIpc) is 2.55. The Labute approximate surface area is 126 Å². The molecule has 0 bridgehead atoms. The van der Waals surface area contributed by atoms with Crippen LogP contribution in [0.25, 0.3) is 0 Å². The number of carbonyl (C=O) groups is 1. The Morgan fingerprint density at radius 2 is 1.91 bits per heavy atom. The minimum atomic E-state index is -0.483. The van der Waals surface area contributed by atoms with Crippen LogP contribution in [-0.2, 0) is 4.74 Å². The van der Waals surface area contributed by atoms with Gasteiger partial charge in [-0.1, -0.05) is 24.3 Å². The van der Waals surface area contributed by atoms with Gasteiger partial charge in [-0.3, -0.25) is 15.5 Å². The van der Waals surface area contributed by atoms with Gasteiger partial charge in [-0.25, -0.2) is 4.79 Å². The molecule has 2 rings (SSSR count). The van der Waals surface area contributed by atoms with E-state index in [2.05, 4.69) is 15.3 Å². The highest BCUT2D eigenvalue weighted by Gasteiger charge is 2.10. The summed E-state index contributed by atoms with van der Waals surface area (Å²) in [4.78, 5) is 21.7. The van der Waals surface area contributed by atoms with Crippen molar-refractivity contribution in [3.8, 4) is 0 Å². The number of hydrogen-bond donors (Lipinski definition) is 1. The molecule has 0 fully saturated rings. The van der Waals surface area contributed by atoms with Crippen LogP contribution in [0.15, 0.2) is 53.6 Å². The molecule has 0 saturated carbocycles. The van der Waals surface area contributed by atoms with Gasteiger partial charge in [0.25, 0.3) is 5.69 Å². The third-order valence-electron chi connectivity index (χ3n) is 2.83. The Kier molecular flexibility index (Phi) is 4.81. The lowest BCUT2D eigenvalue weighted by molar-refractivity contribution is -0.384. The maximum absolute atomic E-state index is 11.3. The Hall–Kier alpha value is -3.22. The first-order valence-electron chi connectivity index (χ1n) is 6.32. The van der Waals surface area contributed by atoms with Crippen LogP contribution in [0.5, 0.6) is 0 Å². The maximum Gasteiger partial charge on any atom is 0.337 e. The van der Waals surface area contributed by atoms with Gasteiger partial charge in [0.05, 0.1) is 23.8 Å². The van der Waals surface area contributed by atoms with Crippen molar-refractivity contribution >= 4 is 23.6 Å². The van der Waals surface area contributed by atoms with Gasteiger partial charge in [0.1, 0.15) is 5.69 Å². The number of ether oxygens (including phenoxy) is 1. The highest BCUT2D eigenvalue weighted by molar-refractivity contribution is 5.90. The molecular formula is C15H13N3O4. The topological polar surface area (TPSA) is 93.8 Å². The SMILES string of the molecule is COC(=O)c1ccc(/C=N\Nc2ccccc2[N+](=O)[O-])cc1. The van der Waals surface area contributed by atoms with Gasteiger partial charge in [0, 0.05) is 6.07 Å². The quantitative estimate of drug-likeness (QED) is 0.396. The lowest BCUT2D eigenvalue weighted by atomic mass is 10.1. The lowest BCUT2D eigenvalue weighted by Crippen LogP contribution is -2.01. The number of nitro benzene ring substituents is 1. The van der Waals surface area contributed by atoms with Gasteiger partial charge < -0.3 is 4.74 Å². The number of nitrogens with one attached hydrogen (secondary N) is 1. The zero-order valence-corrected chi connectivity index (χ0v) is 11.7. The molecule has 0 saturated heterocycles. The molecule has 0 radical (unpaired) electrons. The predicted molar refractivity (Wildman–Crippen MR) is 82.1 cm³/mol. The van der Waals surface area contributed by atoms with Crippen LogP contribution in [0.2, 0.25) is 0 Å². The van der Waals surface area contributed by atoms with Crippen molar-refractivity contribution in [2.75, 3.05) is 12.5 Å². The third kappa shape index (κ3) is 3.66. The Balaban J connectivity index is 2.07. The summed E-state index contributed by atoms with van der Waals surface area (Å²) in [6.45, 7) is 0. The summed E-state index contributed by atoms with van der Waals surface area (Å²) in [6.07, 6.45) is 1.50. The number of anilines is 1. The summed E-state index contributed by atoms with van der Waals surface area (Å²) >= 11 is 0. The van der Waals surface area contributed by atoms with Crippen molar-refractivity contribution in [2.24, 2.45) is 5.10 Å². The molecule has 2 aromatic rings. The number of hydrazone groups is 1. The van der Waals surface area contributed by atoms with E-state index in [1.807, 2.05) is 0 Å². The minimum Gasteiger partial charge on any atom is -0.465 e. The highest BCUT2D eigenvalue weighted by Crippen LogP contribution is 2.22. The minimum absolute atomic E-state index is 0.0549. The van der Waals surface area contributed by atoms with Crippen LogP contribution in [0.1, 0.15) is 15.9 Å². The molecule has 0 aromatic heterocycles. The van der Waals surface area contributed by atoms with Crippen molar-refractivity contribution in [3.63, 3.8) is 0 Å². The molecule has 2 aromatic carbocycles. The number of nitro groups is 1. The van der Waals surface area contributed by atoms with Gasteiger partial charge in [-0.2, -0.15) is 5.10 Å². The summed E-state index contributed by atoms with van der Waals surface area (Å²) in [5.41, 5.74) is 4.05. The standard InChI is InChI=1S/C15H13N3O4/c1-22-15(19)12-8-6-11(7-9-12)10-16-17-13-4-2-3-5-14(13)18(20)21/h2-10,17H,1H3/b16-10-. The molecule has 7 heteroatoms. The fourth-order valence-corrected chi connectivity index (χ4v) is 1.73. The molecule has 1 N–H and O–H groups in total. The van der Waals surface area contributed by atoms with E-state index in [1.54, 1.807) is 42.5 Å². The lowest BCUT2D eigenvalue weighted by Gasteiger charge is -2.01. The van der Waals surface area contributed by atoms with E-state index < -0.39 is 10.9 Å². The largest absolute Gasteiger partial charge is 0.465 e. The number of nitrogens with zero attached hydrogens (tertiary/aromatic N) is 2. The van der Waals surface area contributed by atoms with Crippen LogP contribution >= 0.6 is 0 Å². The van der Waals surface area contributed by atoms with Crippen molar-refractivity contribution < 1.29 is 14.5 Å². The van der Waals surface area contributed by atoms with Gasteiger partial charge in [-0.05, 0) is 23.8 Å². The predicted octanol–water partition coefficient (Wildman–Crippen LogP) is 2.83. The van der Waals surface area contributed by atoms with Crippen molar-refractivity contribution in [3.05, 3.63) is 69.8 Å². The van der Waals surface area contributed by atoms with Gasteiger partial charge >= 0.3 is 5.97 Å². The molecule has 0 atom stereocenters. The molecule has 22 heavy (non-hydrogen) atoms. The van der Waals surface area contributed by atoms with Gasteiger partial charge in [-0.15, -0.1) is 0 Å². The molecule has 7 nitrogen and oxygen atoms in total. The summed E-state index contributed by atoms with van der Waals surface area (Å²) in [6, 6.07) is 12.8. The van der Waals surface area contributed by atoms with E-state index in [1.165, 1.54) is 19.4 Å². The molecule has 0 spiro atoms. The fraction of sp³-hybridized carbons (Fsp3) is 0.0667. The molecule has 0 unspecified atom stereocenters. The average molecular weight is 299 g/mol. The fourth-order valence-electron chi connectivity index (χ4n) is 1.73. The first-order chi connectivity index (χ1) is 10.6. The van der Waals surface area contributed by atoms with E-state index in [0.29, 0.717) is 11.3 Å². The second kappa shape index (κ2) is 6.98. The number of carbonyl (C=O) groups excluding carboxylic acids is 1. The number of methoxy groups -OCH3 is 1. The summed E-state index contributed by atoms with van der Waals surface area (Å²) in [5, 5.41) is 14.8. The normalized spacial score (nSPS) is 10.4. The number of hydrogen-bond acceptors (Lipinski definition) is 6. The molecule has 112 valence electrons. The molecular weight excluding hydrogens is 286 g/mol. The second-order valence-corrected chi connectivity index (χ2v) is 4.26. The number of para-hydroxylation sites is 2. The zero-order chi connectivity index (χ0) is 15.9. The Morgan fingerprint density at radius 3 is 2.55 bits per heavy atom. The molecule has 0 aliphatic heterocycles. The van der Waals surface area contributed by atoms with Crippen LogP contribution in [-0.4, -0.2) is 24.2 Å². The van der Waals surface area contributed by atoms with Gasteiger partial charge in [0.15, 0.2) is 0 Å². The summed E-state index contributed by atoms with van der Waals surface area (Å²) in [7, 11) is 1.31. The summed E-state index contributed by atoms with van der Waals surface area (Å²) in [5.74, 6) is -0.415. The monoisotopic (exact) mass is 299 g/mol. The number of benzene rings is 2. The van der Waals surface area contributed by atoms with Crippen molar-refractivity contribution in [1.82, 2.24) is 0 Å². The molecule has 0 aliphatic carbocycles. The first kappa shape index (κ1) is 15.2. The summed E-state index contributed by atoms with van der Waals surface area (Å²) < 4.78 is 4.60.